The Kier molecular flexibility index (Phi) is 11.7. The van der Waals surface area contributed by atoms with Gasteiger partial charge in [-0.25, -0.2) is 4.79 Å². The summed E-state index contributed by atoms with van der Waals surface area (Å²) in [6.07, 6.45) is 9.94. The molecule has 0 saturated carbocycles. The predicted molar refractivity (Wildman–Crippen MR) is 113 cm³/mol. The lowest BCUT2D eigenvalue weighted by molar-refractivity contribution is -0.137. The molecule has 0 aliphatic carbocycles. The summed E-state index contributed by atoms with van der Waals surface area (Å²) in [6.45, 7) is 7.30. The number of carbonyl (C=O) groups excluding carboxylic acids is 2. The van der Waals surface area contributed by atoms with Gasteiger partial charge in [0.25, 0.3) is 0 Å². The second-order valence-electron chi connectivity index (χ2n) is 9.03. The first kappa shape index (κ1) is 25.2. The number of likely N-dealkylation sites (tertiary alicyclic amines) is 1. The number of rotatable bonds is 12. The monoisotopic (exact) mass is 412 g/mol. The Morgan fingerprint density at radius 1 is 1.00 bits per heavy atom. The molecule has 1 fully saturated rings. The van der Waals surface area contributed by atoms with Gasteiger partial charge in [-0.05, 0) is 46.5 Å². The maximum absolute atomic E-state index is 12.4. The summed E-state index contributed by atoms with van der Waals surface area (Å²) in [5.74, 6) is -0.823. The van der Waals surface area contributed by atoms with Gasteiger partial charge in [0.2, 0.25) is 5.91 Å². The van der Waals surface area contributed by atoms with Gasteiger partial charge in [-0.3, -0.25) is 9.59 Å². The molecule has 168 valence electrons. The van der Waals surface area contributed by atoms with Crippen molar-refractivity contribution in [2.75, 3.05) is 19.6 Å². The molecule has 1 heterocycles. The Morgan fingerprint density at radius 3 is 2.17 bits per heavy atom. The highest BCUT2D eigenvalue weighted by molar-refractivity contribution is 5.80. The summed E-state index contributed by atoms with van der Waals surface area (Å²) in [6, 6.07) is 0. The van der Waals surface area contributed by atoms with Gasteiger partial charge < -0.3 is 20.1 Å². The van der Waals surface area contributed by atoms with Gasteiger partial charge >= 0.3 is 12.1 Å². The van der Waals surface area contributed by atoms with E-state index in [0.717, 1.165) is 64.2 Å². The Morgan fingerprint density at radius 2 is 1.59 bits per heavy atom. The van der Waals surface area contributed by atoms with Crippen LogP contribution in [0.15, 0.2) is 0 Å². The molecule has 1 unspecified atom stereocenters. The Labute approximate surface area is 175 Å². The maximum Gasteiger partial charge on any atom is 0.410 e. The van der Waals surface area contributed by atoms with Gasteiger partial charge in [0.15, 0.2) is 0 Å². The highest BCUT2D eigenvalue weighted by Gasteiger charge is 2.30. The van der Waals surface area contributed by atoms with E-state index in [1.807, 2.05) is 20.8 Å². The summed E-state index contributed by atoms with van der Waals surface area (Å²) in [5, 5.41) is 11.6. The molecule has 0 spiro atoms. The lowest BCUT2D eigenvalue weighted by atomic mass is 9.97. The number of carboxylic acids is 1. The quantitative estimate of drug-likeness (QED) is 0.465. The summed E-state index contributed by atoms with van der Waals surface area (Å²) in [7, 11) is 0. The van der Waals surface area contributed by atoms with Crippen molar-refractivity contribution in [1.29, 1.82) is 0 Å². The van der Waals surface area contributed by atoms with E-state index in [1.54, 1.807) is 4.90 Å². The third kappa shape index (κ3) is 12.4. The number of carbonyl (C=O) groups is 3. The van der Waals surface area contributed by atoms with Gasteiger partial charge in [-0.15, -0.1) is 0 Å². The fraction of sp³-hybridized carbons (Fsp3) is 0.864. The number of aliphatic carboxylic acids is 1. The fourth-order valence-corrected chi connectivity index (χ4v) is 3.50. The third-order valence-corrected chi connectivity index (χ3v) is 5.06. The van der Waals surface area contributed by atoms with Crippen LogP contribution in [0.1, 0.15) is 91.4 Å². The average Bonchev–Trinajstić information content (AvgIpc) is 2.64. The van der Waals surface area contributed by atoms with Crippen LogP contribution in [0.5, 0.6) is 0 Å². The third-order valence-electron chi connectivity index (χ3n) is 5.06. The van der Waals surface area contributed by atoms with E-state index < -0.39 is 11.6 Å². The molecule has 0 aromatic carbocycles. The number of ether oxygens (including phenoxy) is 1. The highest BCUT2D eigenvalue weighted by atomic mass is 16.6. The van der Waals surface area contributed by atoms with E-state index in [-0.39, 0.29) is 24.3 Å². The number of carboxylic acid groups (broad SMARTS) is 1. The first-order valence-electron chi connectivity index (χ1n) is 11.2. The molecule has 1 atom stereocenters. The topological polar surface area (TPSA) is 95.9 Å². The molecule has 1 aliphatic rings. The molecule has 7 heteroatoms. The van der Waals surface area contributed by atoms with Crippen molar-refractivity contribution in [2.45, 2.75) is 97.0 Å². The van der Waals surface area contributed by atoms with E-state index in [1.165, 1.54) is 0 Å². The smallest absolute Gasteiger partial charge is 0.410 e. The van der Waals surface area contributed by atoms with Gasteiger partial charge in [-0.2, -0.15) is 0 Å². The van der Waals surface area contributed by atoms with E-state index >= 15 is 0 Å². The first-order valence-corrected chi connectivity index (χ1v) is 11.2. The minimum Gasteiger partial charge on any atom is -0.481 e. The normalized spacial score (nSPS) is 17.1. The summed E-state index contributed by atoms with van der Waals surface area (Å²) < 4.78 is 5.41. The second-order valence-corrected chi connectivity index (χ2v) is 9.03. The van der Waals surface area contributed by atoms with Crippen molar-refractivity contribution in [1.82, 2.24) is 10.2 Å². The number of amides is 2. The van der Waals surface area contributed by atoms with Crippen LogP contribution in [-0.4, -0.2) is 53.2 Å². The van der Waals surface area contributed by atoms with E-state index in [0.29, 0.717) is 19.6 Å². The van der Waals surface area contributed by atoms with Crippen LogP contribution < -0.4 is 5.32 Å². The van der Waals surface area contributed by atoms with Crippen molar-refractivity contribution in [3.63, 3.8) is 0 Å². The van der Waals surface area contributed by atoms with Crippen molar-refractivity contribution in [3.05, 3.63) is 0 Å². The molecule has 1 rings (SSSR count). The van der Waals surface area contributed by atoms with Crippen molar-refractivity contribution >= 4 is 18.0 Å². The molecule has 1 aliphatic heterocycles. The largest absolute Gasteiger partial charge is 0.481 e. The zero-order valence-electron chi connectivity index (χ0n) is 18.5. The summed E-state index contributed by atoms with van der Waals surface area (Å²) in [5.41, 5.74) is -0.523. The maximum atomic E-state index is 12.4. The predicted octanol–water partition coefficient (Wildman–Crippen LogP) is 4.35. The number of piperidine rings is 1. The number of hydrogen-bond acceptors (Lipinski definition) is 4. The molecule has 2 N–H and O–H groups in total. The minimum atomic E-state index is -0.710. The van der Waals surface area contributed by atoms with Crippen molar-refractivity contribution in [2.24, 2.45) is 5.92 Å². The average molecular weight is 413 g/mol. The number of nitrogens with one attached hydrogen (secondary N) is 1. The molecule has 0 aromatic rings. The first-order chi connectivity index (χ1) is 13.7. The highest BCUT2D eigenvalue weighted by Crippen LogP contribution is 2.19. The number of hydrogen-bond donors (Lipinski definition) is 2. The van der Waals surface area contributed by atoms with Crippen LogP contribution in [-0.2, 0) is 14.3 Å². The van der Waals surface area contributed by atoms with Gasteiger partial charge in [-0.1, -0.05) is 38.5 Å². The Bertz CT molecular complexity index is 516. The summed E-state index contributed by atoms with van der Waals surface area (Å²) >= 11 is 0. The Balaban J connectivity index is 2.08. The molecule has 7 nitrogen and oxygen atoms in total. The minimum absolute atomic E-state index is 0.0386. The summed E-state index contributed by atoms with van der Waals surface area (Å²) in [4.78, 5) is 36.7. The van der Waals surface area contributed by atoms with Crippen LogP contribution in [0.3, 0.4) is 0 Å². The lowest BCUT2D eigenvalue weighted by Crippen LogP contribution is -2.47. The van der Waals surface area contributed by atoms with Crippen LogP contribution in [0.25, 0.3) is 0 Å². The van der Waals surface area contributed by atoms with E-state index in [4.69, 9.17) is 9.84 Å². The number of unbranched alkanes of at least 4 members (excludes halogenated alkanes) is 7. The molecular weight excluding hydrogens is 372 g/mol. The molecule has 0 aromatic heterocycles. The van der Waals surface area contributed by atoms with E-state index in [2.05, 4.69) is 5.32 Å². The SMILES string of the molecule is CC(C)(C)OC(=O)N1CCCC(C(=O)NCCCCCCCCCCC(=O)O)C1. The van der Waals surface area contributed by atoms with Crippen LogP contribution in [0.2, 0.25) is 0 Å². The molecule has 29 heavy (non-hydrogen) atoms. The molecule has 0 bridgehead atoms. The van der Waals surface area contributed by atoms with Crippen LogP contribution in [0.4, 0.5) is 4.79 Å². The standard InChI is InChI=1S/C22H40N2O5/c1-22(2,3)29-21(28)24-16-12-13-18(17-24)20(27)23-15-11-9-7-5-4-6-8-10-14-19(25)26/h18H,4-17H2,1-3H3,(H,23,27)(H,25,26). The van der Waals surface area contributed by atoms with Gasteiger partial charge in [0.1, 0.15) is 5.60 Å². The lowest BCUT2D eigenvalue weighted by Gasteiger charge is -2.33. The molecule has 1 saturated heterocycles. The number of nitrogens with zero attached hydrogens (tertiary/aromatic N) is 1. The molecular formula is C22H40N2O5. The van der Waals surface area contributed by atoms with Crippen molar-refractivity contribution in [3.8, 4) is 0 Å². The van der Waals surface area contributed by atoms with Gasteiger partial charge in [0, 0.05) is 26.1 Å². The zero-order valence-corrected chi connectivity index (χ0v) is 18.5. The fourth-order valence-electron chi connectivity index (χ4n) is 3.50. The van der Waals surface area contributed by atoms with Gasteiger partial charge in [0.05, 0.1) is 5.92 Å². The van der Waals surface area contributed by atoms with E-state index in [9.17, 15) is 14.4 Å². The zero-order chi connectivity index (χ0) is 21.7. The second kappa shape index (κ2) is 13.4. The molecule has 2 amide bonds. The van der Waals surface area contributed by atoms with Crippen LogP contribution in [0, 0.1) is 5.92 Å². The van der Waals surface area contributed by atoms with Crippen LogP contribution >= 0.6 is 0 Å². The Hall–Kier alpha value is -1.79. The molecule has 0 radical (unpaired) electrons. The van der Waals surface area contributed by atoms with Crippen molar-refractivity contribution < 1.29 is 24.2 Å².